The number of aryl methyl sites for hydroxylation is 1. The molecule has 0 aromatic carbocycles. The van der Waals surface area contributed by atoms with Gasteiger partial charge in [0, 0.05) is 55.1 Å². The largest absolute Gasteiger partial charge is 0.357 e. The van der Waals surface area contributed by atoms with E-state index in [1.807, 2.05) is 28.9 Å². The van der Waals surface area contributed by atoms with Crippen molar-refractivity contribution in [1.82, 2.24) is 20.5 Å². The number of thiazole rings is 1. The molecule has 0 bridgehead atoms. The van der Waals surface area contributed by atoms with Crippen LogP contribution in [0.15, 0.2) is 28.7 Å². The third-order valence-corrected chi connectivity index (χ3v) is 7.06. The number of hydrogen-bond acceptors (Lipinski definition) is 5. The van der Waals surface area contributed by atoms with Crippen LogP contribution in [-0.2, 0) is 19.4 Å². The predicted octanol–water partition coefficient (Wildman–Crippen LogP) is 4.39. The summed E-state index contributed by atoms with van der Waals surface area (Å²) in [4.78, 5) is 14.8. The molecule has 0 saturated carbocycles. The number of nitrogens with one attached hydrogen (secondary N) is 2. The van der Waals surface area contributed by atoms with E-state index in [0.29, 0.717) is 5.92 Å². The number of halogens is 1. The molecule has 0 radical (unpaired) electrons. The fraction of sp³-hybridized carbons (Fsp3) is 0.619. The number of aromatic nitrogens is 1. The number of rotatable bonds is 9. The average molecular weight is 548 g/mol. The van der Waals surface area contributed by atoms with Crippen LogP contribution in [-0.4, -0.2) is 48.6 Å². The van der Waals surface area contributed by atoms with Gasteiger partial charge in [-0.15, -0.1) is 46.7 Å². The summed E-state index contributed by atoms with van der Waals surface area (Å²) in [5.74, 6) is 1.58. The minimum absolute atomic E-state index is 0. The molecular formula is C21H34IN5S2. The highest BCUT2D eigenvalue weighted by molar-refractivity contribution is 14.0. The summed E-state index contributed by atoms with van der Waals surface area (Å²) in [5, 5.41) is 10.2. The van der Waals surface area contributed by atoms with Gasteiger partial charge >= 0.3 is 0 Å². The summed E-state index contributed by atoms with van der Waals surface area (Å²) in [6.45, 7) is 10.4. The van der Waals surface area contributed by atoms with Crippen molar-refractivity contribution in [2.75, 3.05) is 32.7 Å². The summed E-state index contributed by atoms with van der Waals surface area (Å²) in [6.07, 6.45) is 6.58. The van der Waals surface area contributed by atoms with E-state index < -0.39 is 0 Å². The lowest BCUT2D eigenvalue weighted by atomic mass is 9.98. The van der Waals surface area contributed by atoms with Gasteiger partial charge in [0.05, 0.1) is 5.01 Å². The molecule has 0 amide bonds. The second-order valence-corrected chi connectivity index (χ2v) is 9.52. The first-order chi connectivity index (χ1) is 13.8. The third-order valence-electron chi connectivity index (χ3n) is 5.00. The van der Waals surface area contributed by atoms with Gasteiger partial charge in [-0.3, -0.25) is 9.89 Å². The zero-order chi connectivity index (χ0) is 19.6. The monoisotopic (exact) mass is 547 g/mol. The van der Waals surface area contributed by atoms with Crippen LogP contribution >= 0.6 is 46.7 Å². The fourth-order valence-corrected chi connectivity index (χ4v) is 5.15. The smallest absolute Gasteiger partial charge is 0.191 e. The molecule has 5 nitrogen and oxygen atoms in total. The van der Waals surface area contributed by atoms with Crippen molar-refractivity contribution in [1.29, 1.82) is 0 Å². The first-order valence-corrected chi connectivity index (χ1v) is 12.2. The summed E-state index contributed by atoms with van der Waals surface area (Å²) in [7, 11) is 0. The first kappa shape index (κ1) is 24.6. The van der Waals surface area contributed by atoms with Gasteiger partial charge in [-0.1, -0.05) is 13.0 Å². The molecule has 1 aliphatic heterocycles. The van der Waals surface area contributed by atoms with Crippen molar-refractivity contribution in [3.8, 4) is 0 Å². The quantitative estimate of drug-likeness (QED) is 0.278. The highest BCUT2D eigenvalue weighted by Crippen LogP contribution is 2.20. The standard InChI is InChI=1S/C21H33N5S2.HI/c1-3-18-14-24-20(28-18)9-10-23-21(22-4-2)25-13-17-7-5-11-26(15-17)16-19-8-6-12-27-19;/h6,8,12,14,17H,3-5,7,9-11,13,15-16H2,1-2H3,(H2,22,23,25);1H. The number of likely N-dealkylation sites (tertiary alicyclic amines) is 1. The normalized spacial score (nSPS) is 17.7. The summed E-state index contributed by atoms with van der Waals surface area (Å²) < 4.78 is 0. The summed E-state index contributed by atoms with van der Waals surface area (Å²) in [6, 6.07) is 4.39. The first-order valence-electron chi connectivity index (χ1n) is 10.5. The van der Waals surface area contributed by atoms with Crippen molar-refractivity contribution < 1.29 is 0 Å². The number of hydrogen-bond donors (Lipinski definition) is 2. The fourth-order valence-electron chi connectivity index (χ4n) is 3.54. The Morgan fingerprint density at radius 1 is 1.31 bits per heavy atom. The molecule has 1 unspecified atom stereocenters. The Balaban J connectivity index is 0.00000300. The van der Waals surface area contributed by atoms with E-state index in [-0.39, 0.29) is 24.0 Å². The number of thiophene rings is 1. The van der Waals surface area contributed by atoms with Gasteiger partial charge in [0.2, 0.25) is 0 Å². The topological polar surface area (TPSA) is 52.6 Å². The van der Waals surface area contributed by atoms with Gasteiger partial charge in [-0.25, -0.2) is 4.98 Å². The van der Waals surface area contributed by atoms with Crippen LogP contribution < -0.4 is 10.6 Å². The maximum atomic E-state index is 4.87. The van der Waals surface area contributed by atoms with Gasteiger partial charge in [0.1, 0.15) is 0 Å². The van der Waals surface area contributed by atoms with Crippen molar-refractivity contribution in [2.45, 2.75) is 46.1 Å². The predicted molar refractivity (Wildman–Crippen MR) is 137 cm³/mol. The van der Waals surface area contributed by atoms with Crippen LogP contribution in [0.1, 0.15) is 41.5 Å². The van der Waals surface area contributed by atoms with Crippen molar-refractivity contribution in [3.63, 3.8) is 0 Å². The van der Waals surface area contributed by atoms with Gasteiger partial charge < -0.3 is 10.6 Å². The number of piperidine rings is 1. The Hall–Kier alpha value is -0.710. The van der Waals surface area contributed by atoms with Crippen molar-refractivity contribution >= 4 is 52.6 Å². The van der Waals surface area contributed by atoms with Crippen LogP contribution in [0.25, 0.3) is 0 Å². The zero-order valence-electron chi connectivity index (χ0n) is 17.5. The molecule has 0 aliphatic carbocycles. The molecule has 2 N–H and O–H groups in total. The molecule has 1 aliphatic rings. The molecule has 3 heterocycles. The Kier molecular flexibility index (Phi) is 11.5. The molecule has 1 saturated heterocycles. The molecule has 2 aromatic heterocycles. The molecule has 3 rings (SSSR count). The second kappa shape index (κ2) is 13.6. The van der Waals surface area contributed by atoms with Gasteiger partial charge in [0.15, 0.2) is 5.96 Å². The Morgan fingerprint density at radius 2 is 2.21 bits per heavy atom. The van der Waals surface area contributed by atoms with Gasteiger partial charge in [0.25, 0.3) is 0 Å². The minimum Gasteiger partial charge on any atom is -0.357 e. The van der Waals surface area contributed by atoms with Crippen LogP contribution in [0.3, 0.4) is 0 Å². The summed E-state index contributed by atoms with van der Waals surface area (Å²) in [5.41, 5.74) is 0. The number of guanidine groups is 1. The van der Waals surface area contributed by atoms with Gasteiger partial charge in [-0.2, -0.15) is 0 Å². The third kappa shape index (κ3) is 8.51. The molecule has 2 aromatic rings. The highest BCUT2D eigenvalue weighted by Gasteiger charge is 2.20. The van der Waals surface area contributed by atoms with E-state index in [2.05, 4.69) is 51.9 Å². The highest BCUT2D eigenvalue weighted by atomic mass is 127. The molecule has 1 fully saturated rings. The van der Waals surface area contributed by atoms with Crippen LogP contribution in [0.2, 0.25) is 0 Å². The van der Waals surface area contributed by atoms with E-state index in [9.17, 15) is 0 Å². The SMILES string of the molecule is CCNC(=NCC1CCCN(Cc2cccs2)C1)NCCc1ncc(CC)s1.I. The lowest BCUT2D eigenvalue weighted by molar-refractivity contribution is 0.172. The van der Waals surface area contributed by atoms with E-state index in [0.717, 1.165) is 51.5 Å². The van der Waals surface area contributed by atoms with E-state index >= 15 is 0 Å². The Morgan fingerprint density at radius 3 is 2.93 bits per heavy atom. The molecule has 8 heteroatoms. The Labute approximate surface area is 200 Å². The molecule has 162 valence electrons. The number of aliphatic imine (C=N–C) groups is 1. The lowest BCUT2D eigenvalue weighted by Gasteiger charge is -2.31. The van der Waals surface area contributed by atoms with E-state index in [1.54, 1.807) is 0 Å². The summed E-state index contributed by atoms with van der Waals surface area (Å²) >= 11 is 3.68. The van der Waals surface area contributed by atoms with E-state index in [4.69, 9.17) is 4.99 Å². The number of nitrogens with zero attached hydrogens (tertiary/aromatic N) is 3. The average Bonchev–Trinajstić information content (AvgIpc) is 3.38. The molecular weight excluding hydrogens is 513 g/mol. The maximum absolute atomic E-state index is 4.87. The van der Waals surface area contributed by atoms with Gasteiger partial charge in [-0.05, 0) is 50.1 Å². The molecule has 1 atom stereocenters. The van der Waals surface area contributed by atoms with Crippen molar-refractivity contribution in [2.24, 2.45) is 10.9 Å². The van der Waals surface area contributed by atoms with E-state index in [1.165, 1.54) is 34.1 Å². The van der Waals surface area contributed by atoms with Crippen LogP contribution in [0.4, 0.5) is 0 Å². The molecule has 29 heavy (non-hydrogen) atoms. The zero-order valence-corrected chi connectivity index (χ0v) is 21.5. The van der Waals surface area contributed by atoms with Crippen LogP contribution in [0, 0.1) is 5.92 Å². The van der Waals surface area contributed by atoms with Crippen molar-refractivity contribution in [3.05, 3.63) is 38.5 Å². The Bertz CT molecular complexity index is 716. The van der Waals surface area contributed by atoms with Crippen LogP contribution in [0.5, 0.6) is 0 Å². The second-order valence-electron chi connectivity index (χ2n) is 7.29. The lowest BCUT2D eigenvalue weighted by Crippen LogP contribution is -2.40. The maximum Gasteiger partial charge on any atom is 0.191 e. The minimum atomic E-state index is 0. The molecule has 0 spiro atoms.